The first-order valence-electron chi connectivity index (χ1n) is 8.96. The molecule has 0 unspecified atom stereocenters. The minimum absolute atomic E-state index is 0.00923. The smallest absolute Gasteiger partial charge is 0.251 e. The Morgan fingerprint density at radius 2 is 2.16 bits per heavy atom. The van der Waals surface area contributed by atoms with Gasteiger partial charge >= 0.3 is 0 Å². The third-order valence-electron chi connectivity index (χ3n) is 4.58. The van der Waals surface area contributed by atoms with Gasteiger partial charge in [0.15, 0.2) is 5.65 Å². The van der Waals surface area contributed by atoms with Crippen molar-refractivity contribution < 1.29 is 4.79 Å². The number of fused-ring (bicyclic) bond motifs is 1. The maximum atomic E-state index is 12.4. The lowest BCUT2D eigenvalue weighted by Crippen LogP contribution is -2.25. The topological polar surface area (TPSA) is 59.8 Å². The molecule has 1 fully saturated rings. The predicted molar refractivity (Wildman–Crippen MR) is 98.3 cm³/mol. The van der Waals surface area contributed by atoms with Gasteiger partial charge in [0, 0.05) is 30.4 Å². The minimum atomic E-state index is -0.00923. The molecule has 2 aromatic heterocycles. The Balaban J connectivity index is 1.69. The van der Waals surface area contributed by atoms with Crippen molar-refractivity contribution in [2.45, 2.75) is 32.7 Å². The molecule has 0 saturated heterocycles. The van der Waals surface area contributed by atoms with Crippen molar-refractivity contribution in [3.8, 4) is 11.4 Å². The Labute approximate surface area is 147 Å². The Bertz CT molecular complexity index is 911. The number of aryl methyl sites for hydroxylation is 1. The zero-order chi connectivity index (χ0) is 17.2. The van der Waals surface area contributed by atoms with Crippen LogP contribution in [0.3, 0.4) is 0 Å². The molecule has 0 bridgehead atoms. The number of rotatable bonds is 6. The van der Waals surface area contributed by atoms with E-state index in [-0.39, 0.29) is 5.91 Å². The zero-order valence-electron chi connectivity index (χ0n) is 14.4. The van der Waals surface area contributed by atoms with E-state index in [0.29, 0.717) is 11.5 Å². The number of carbonyl (C=O) groups excluding carboxylic acids is 1. The van der Waals surface area contributed by atoms with Crippen molar-refractivity contribution in [2.24, 2.45) is 5.92 Å². The van der Waals surface area contributed by atoms with Gasteiger partial charge in [-0.15, -0.1) is 0 Å². The van der Waals surface area contributed by atoms with Gasteiger partial charge in [-0.2, -0.15) is 0 Å². The molecule has 1 N–H and O–H groups in total. The normalized spacial score (nSPS) is 14.0. The molecule has 1 aliphatic carbocycles. The molecule has 1 saturated carbocycles. The molecular formula is C20H22N4O. The molecule has 5 heteroatoms. The molecule has 1 amide bonds. The number of pyridine rings is 1. The Kier molecular flexibility index (Phi) is 4.22. The summed E-state index contributed by atoms with van der Waals surface area (Å²) in [5, 5.41) is 3.03. The zero-order valence-corrected chi connectivity index (χ0v) is 14.4. The fourth-order valence-corrected chi connectivity index (χ4v) is 3.07. The van der Waals surface area contributed by atoms with Crippen LogP contribution in [0.2, 0.25) is 0 Å². The lowest BCUT2D eigenvalue weighted by molar-refractivity contribution is 0.0952. The highest BCUT2D eigenvalue weighted by Gasteiger charge is 2.22. The Morgan fingerprint density at radius 3 is 2.96 bits per heavy atom. The van der Waals surface area contributed by atoms with E-state index in [1.165, 1.54) is 12.8 Å². The second-order valence-electron chi connectivity index (χ2n) is 6.67. The number of imidazole rings is 1. The minimum Gasteiger partial charge on any atom is -0.352 e. The molecule has 1 aromatic carbocycles. The molecule has 0 aliphatic heterocycles. The van der Waals surface area contributed by atoms with Gasteiger partial charge in [0.25, 0.3) is 5.91 Å². The van der Waals surface area contributed by atoms with Gasteiger partial charge in [-0.3, -0.25) is 4.79 Å². The highest BCUT2D eigenvalue weighted by Crippen LogP contribution is 2.28. The number of aromatic nitrogens is 3. The monoisotopic (exact) mass is 334 g/mol. The second kappa shape index (κ2) is 6.67. The molecule has 1 aliphatic rings. The van der Waals surface area contributed by atoms with Crippen LogP contribution < -0.4 is 5.32 Å². The summed E-state index contributed by atoms with van der Waals surface area (Å²) in [4.78, 5) is 21.6. The highest BCUT2D eigenvalue weighted by molar-refractivity contribution is 5.95. The highest BCUT2D eigenvalue weighted by atomic mass is 16.1. The molecule has 0 radical (unpaired) electrons. The van der Waals surface area contributed by atoms with Crippen LogP contribution >= 0.6 is 0 Å². The van der Waals surface area contributed by atoms with Crippen molar-refractivity contribution in [1.29, 1.82) is 0 Å². The van der Waals surface area contributed by atoms with Crippen molar-refractivity contribution in [1.82, 2.24) is 19.9 Å². The molecule has 4 rings (SSSR count). The van der Waals surface area contributed by atoms with Crippen LogP contribution in [-0.4, -0.2) is 27.0 Å². The summed E-state index contributed by atoms with van der Waals surface area (Å²) in [5.41, 5.74) is 3.41. The standard InChI is InChI=1S/C20H22N4O/c1-2-11-24-18(23-17-7-4-10-21-19(17)24)15-5-3-6-16(12-15)20(25)22-13-14-8-9-14/h3-7,10,12,14H,2,8-9,11,13H2,1H3,(H,22,25). The first-order chi connectivity index (χ1) is 12.3. The Hall–Kier alpha value is -2.69. The van der Waals surface area contributed by atoms with E-state index < -0.39 is 0 Å². The summed E-state index contributed by atoms with van der Waals surface area (Å²) in [7, 11) is 0. The maximum absolute atomic E-state index is 12.4. The second-order valence-corrected chi connectivity index (χ2v) is 6.67. The average molecular weight is 334 g/mol. The number of hydrogen-bond acceptors (Lipinski definition) is 3. The predicted octanol–water partition coefficient (Wildman–Crippen LogP) is 3.65. The van der Waals surface area contributed by atoms with Crippen LogP contribution in [0.5, 0.6) is 0 Å². The summed E-state index contributed by atoms with van der Waals surface area (Å²) in [6.45, 7) is 3.77. The van der Waals surface area contributed by atoms with Gasteiger partial charge in [-0.25, -0.2) is 9.97 Å². The van der Waals surface area contributed by atoms with E-state index in [1.807, 2.05) is 36.4 Å². The lowest BCUT2D eigenvalue weighted by atomic mass is 10.1. The third-order valence-corrected chi connectivity index (χ3v) is 4.58. The van der Waals surface area contributed by atoms with Gasteiger partial charge in [0.1, 0.15) is 11.3 Å². The Morgan fingerprint density at radius 1 is 1.28 bits per heavy atom. The SMILES string of the molecule is CCCn1c(-c2cccc(C(=O)NCC3CC3)c2)nc2cccnc21. The molecular weight excluding hydrogens is 312 g/mol. The van der Waals surface area contributed by atoms with E-state index in [4.69, 9.17) is 4.98 Å². The lowest BCUT2D eigenvalue weighted by Gasteiger charge is -2.09. The van der Waals surface area contributed by atoms with E-state index in [1.54, 1.807) is 6.20 Å². The number of nitrogens with one attached hydrogen (secondary N) is 1. The van der Waals surface area contributed by atoms with E-state index in [9.17, 15) is 4.79 Å². The largest absolute Gasteiger partial charge is 0.352 e. The summed E-state index contributed by atoms with van der Waals surface area (Å²) < 4.78 is 2.14. The fraction of sp³-hybridized carbons (Fsp3) is 0.350. The van der Waals surface area contributed by atoms with Crippen LogP contribution in [0, 0.1) is 5.92 Å². The van der Waals surface area contributed by atoms with Crippen LogP contribution in [0.1, 0.15) is 36.5 Å². The summed E-state index contributed by atoms with van der Waals surface area (Å²) in [5.74, 6) is 1.53. The molecule has 3 aromatic rings. The van der Waals surface area contributed by atoms with Crippen LogP contribution in [0.25, 0.3) is 22.6 Å². The summed E-state index contributed by atoms with van der Waals surface area (Å²) >= 11 is 0. The molecule has 128 valence electrons. The average Bonchev–Trinajstić information content (AvgIpc) is 3.41. The van der Waals surface area contributed by atoms with Gasteiger partial charge in [-0.1, -0.05) is 19.1 Å². The van der Waals surface area contributed by atoms with Crippen molar-refractivity contribution in [3.05, 3.63) is 48.2 Å². The third kappa shape index (κ3) is 3.27. The van der Waals surface area contributed by atoms with Crippen molar-refractivity contribution >= 4 is 17.1 Å². The van der Waals surface area contributed by atoms with Crippen LogP contribution in [-0.2, 0) is 6.54 Å². The number of benzene rings is 1. The maximum Gasteiger partial charge on any atom is 0.251 e. The first-order valence-corrected chi connectivity index (χ1v) is 8.96. The van der Waals surface area contributed by atoms with E-state index in [0.717, 1.165) is 42.1 Å². The summed E-state index contributed by atoms with van der Waals surface area (Å²) in [6.07, 6.45) is 5.25. The van der Waals surface area contributed by atoms with Crippen molar-refractivity contribution in [3.63, 3.8) is 0 Å². The molecule has 2 heterocycles. The summed E-state index contributed by atoms with van der Waals surface area (Å²) in [6, 6.07) is 11.6. The quantitative estimate of drug-likeness (QED) is 0.748. The van der Waals surface area contributed by atoms with Gasteiger partial charge in [0.05, 0.1) is 0 Å². The number of amides is 1. The molecule has 25 heavy (non-hydrogen) atoms. The molecule has 5 nitrogen and oxygen atoms in total. The van der Waals surface area contributed by atoms with E-state index in [2.05, 4.69) is 21.8 Å². The number of hydrogen-bond donors (Lipinski definition) is 1. The van der Waals surface area contributed by atoms with Crippen molar-refractivity contribution in [2.75, 3.05) is 6.54 Å². The molecule has 0 atom stereocenters. The van der Waals surface area contributed by atoms with Gasteiger partial charge in [-0.05, 0) is 49.4 Å². The number of carbonyl (C=O) groups is 1. The first kappa shape index (κ1) is 15.8. The van der Waals surface area contributed by atoms with Gasteiger partial charge in [0.2, 0.25) is 0 Å². The van der Waals surface area contributed by atoms with Gasteiger partial charge < -0.3 is 9.88 Å². The number of nitrogens with zero attached hydrogens (tertiary/aromatic N) is 3. The molecule has 0 spiro atoms. The fourth-order valence-electron chi connectivity index (χ4n) is 3.07. The van der Waals surface area contributed by atoms with Crippen LogP contribution in [0.15, 0.2) is 42.6 Å². The van der Waals surface area contributed by atoms with Crippen LogP contribution in [0.4, 0.5) is 0 Å². The van der Waals surface area contributed by atoms with E-state index >= 15 is 0 Å².